The Morgan fingerprint density at radius 2 is 2.00 bits per heavy atom. The Kier molecular flexibility index (Phi) is 7.87. The molecule has 17 heavy (non-hydrogen) atoms. The van der Waals surface area contributed by atoms with Gasteiger partial charge in [-0.15, -0.1) is 0 Å². The van der Waals surface area contributed by atoms with Crippen LogP contribution in [0.1, 0.15) is 58.8 Å². The van der Waals surface area contributed by atoms with Crippen molar-refractivity contribution >= 4 is 0 Å². The monoisotopic (exact) mass is 240 g/mol. The van der Waals surface area contributed by atoms with Crippen molar-refractivity contribution in [3.63, 3.8) is 0 Å². The van der Waals surface area contributed by atoms with Crippen LogP contribution in [0.3, 0.4) is 0 Å². The molecule has 1 atom stereocenters. The van der Waals surface area contributed by atoms with Crippen LogP contribution in [0.4, 0.5) is 0 Å². The van der Waals surface area contributed by atoms with Crippen molar-refractivity contribution in [1.82, 2.24) is 10.2 Å². The molecule has 2 nitrogen and oxygen atoms in total. The van der Waals surface area contributed by atoms with Crippen LogP contribution in [0, 0.1) is 5.92 Å². The molecule has 0 radical (unpaired) electrons. The Morgan fingerprint density at radius 1 is 1.29 bits per heavy atom. The van der Waals surface area contributed by atoms with E-state index < -0.39 is 0 Å². The summed E-state index contributed by atoms with van der Waals surface area (Å²) in [6.07, 6.45) is 9.77. The van der Waals surface area contributed by atoms with E-state index >= 15 is 0 Å². The molecule has 0 aromatic heterocycles. The Balaban J connectivity index is 1.97. The summed E-state index contributed by atoms with van der Waals surface area (Å²) in [6.45, 7) is 8.31. The lowest BCUT2D eigenvalue weighted by Gasteiger charge is -2.21. The molecule has 1 aliphatic rings. The number of hydrogen-bond donors (Lipinski definition) is 1. The first kappa shape index (κ1) is 15.0. The van der Waals surface area contributed by atoms with Crippen molar-refractivity contribution in [2.24, 2.45) is 5.92 Å². The number of rotatable bonds is 9. The third-order valence-electron chi connectivity index (χ3n) is 3.96. The summed E-state index contributed by atoms with van der Waals surface area (Å²) in [4.78, 5) is 2.54. The fourth-order valence-electron chi connectivity index (χ4n) is 2.89. The lowest BCUT2D eigenvalue weighted by atomic mass is 10.1. The van der Waals surface area contributed by atoms with E-state index in [-0.39, 0.29) is 0 Å². The highest BCUT2D eigenvalue weighted by molar-refractivity contribution is 4.70. The molecule has 1 N–H and O–H groups in total. The largest absolute Gasteiger partial charge is 0.314 e. The Bertz CT molecular complexity index is 176. The summed E-state index contributed by atoms with van der Waals surface area (Å²) in [5.74, 6) is 0.996. The maximum absolute atomic E-state index is 3.56. The third kappa shape index (κ3) is 7.05. The molecular formula is C15H32N2. The van der Waals surface area contributed by atoms with Crippen molar-refractivity contribution in [2.45, 2.75) is 64.8 Å². The van der Waals surface area contributed by atoms with Crippen LogP contribution in [0.15, 0.2) is 0 Å². The average molecular weight is 240 g/mol. The highest BCUT2D eigenvalue weighted by atomic mass is 15.1. The predicted molar refractivity (Wildman–Crippen MR) is 76.4 cm³/mol. The van der Waals surface area contributed by atoms with Crippen molar-refractivity contribution in [1.29, 1.82) is 0 Å². The molecule has 1 rings (SSSR count). The molecule has 1 saturated carbocycles. The normalized spacial score (nSPS) is 19.1. The lowest BCUT2D eigenvalue weighted by Crippen LogP contribution is -2.29. The van der Waals surface area contributed by atoms with Crippen molar-refractivity contribution in [3.05, 3.63) is 0 Å². The topological polar surface area (TPSA) is 15.3 Å². The molecule has 0 bridgehead atoms. The van der Waals surface area contributed by atoms with Gasteiger partial charge in [-0.25, -0.2) is 0 Å². The van der Waals surface area contributed by atoms with E-state index in [9.17, 15) is 0 Å². The first-order chi connectivity index (χ1) is 8.22. The van der Waals surface area contributed by atoms with Gasteiger partial charge >= 0.3 is 0 Å². The minimum atomic E-state index is 0.690. The standard InChI is InChI=1S/C15H32N2/c1-4-11-16-14(2)8-7-12-17(3)13-15-9-5-6-10-15/h14-16H,4-13H2,1-3H3. The molecule has 1 fully saturated rings. The maximum Gasteiger partial charge on any atom is 0.00391 e. The molecular weight excluding hydrogens is 208 g/mol. The van der Waals surface area contributed by atoms with Crippen molar-refractivity contribution in [3.8, 4) is 0 Å². The van der Waals surface area contributed by atoms with Gasteiger partial charge in [0.2, 0.25) is 0 Å². The van der Waals surface area contributed by atoms with E-state index in [0.29, 0.717) is 6.04 Å². The van der Waals surface area contributed by atoms with E-state index in [4.69, 9.17) is 0 Å². The molecule has 0 heterocycles. The lowest BCUT2D eigenvalue weighted by molar-refractivity contribution is 0.269. The van der Waals surface area contributed by atoms with Gasteiger partial charge in [0.1, 0.15) is 0 Å². The summed E-state index contributed by atoms with van der Waals surface area (Å²) in [5, 5.41) is 3.56. The van der Waals surface area contributed by atoms with Crippen LogP contribution in [0.5, 0.6) is 0 Å². The van der Waals surface area contributed by atoms with Gasteiger partial charge in [0.05, 0.1) is 0 Å². The van der Waals surface area contributed by atoms with Gasteiger partial charge in [-0.2, -0.15) is 0 Å². The van der Waals surface area contributed by atoms with Gasteiger partial charge < -0.3 is 10.2 Å². The molecule has 2 heteroatoms. The predicted octanol–water partition coefficient (Wildman–Crippen LogP) is 3.28. The van der Waals surface area contributed by atoms with E-state index in [2.05, 4.69) is 31.1 Å². The Labute approximate surface area is 108 Å². The van der Waals surface area contributed by atoms with Gasteiger partial charge in [-0.05, 0) is 65.1 Å². The van der Waals surface area contributed by atoms with Crippen LogP contribution < -0.4 is 5.32 Å². The average Bonchev–Trinajstić information content (AvgIpc) is 2.79. The van der Waals surface area contributed by atoms with Gasteiger partial charge in [0, 0.05) is 12.6 Å². The number of nitrogens with zero attached hydrogens (tertiary/aromatic N) is 1. The van der Waals surface area contributed by atoms with E-state index in [1.54, 1.807) is 0 Å². The second-order valence-corrected chi connectivity index (χ2v) is 5.91. The number of nitrogens with one attached hydrogen (secondary N) is 1. The zero-order valence-electron chi connectivity index (χ0n) is 12.2. The van der Waals surface area contributed by atoms with Gasteiger partial charge in [0.15, 0.2) is 0 Å². The fourth-order valence-corrected chi connectivity index (χ4v) is 2.89. The maximum atomic E-state index is 3.56. The van der Waals surface area contributed by atoms with Gasteiger partial charge in [-0.3, -0.25) is 0 Å². The number of hydrogen-bond acceptors (Lipinski definition) is 2. The van der Waals surface area contributed by atoms with E-state index in [1.165, 1.54) is 64.6 Å². The van der Waals surface area contributed by atoms with Crippen LogP contribution in [0.25, 0.3) is 0 Å². The summed E-state index contributed by atoms with van der Waals surface area (Å²) >= 11 is 0. The molecule has 0 spiro atoms. The minimum Gasteiger partial charge on any atom is -0.314 e. The highest BCUT2D eigenvalue weighted by Gasteiger charge is 2.16. The summed E-state index contributed by atoms with van der Waals surface area (Å²) < 4.78 is 0. The van der Waals surface area contributed by atoms with Crippen molar-refractivity contribution < 1.29 is 0 Å². The van der Waals surface area contributed by atoms with E-state index in [1.807, 2.05) is 0 Å². The highest BCUT2D eigenvalue weighted by Crippen LogP contribution is 2.25. The minimum absolute atomic E-state index is 0.690. The first-order valence-electron chi connectivity index (χ1n) is 7.64. The first-order valence-corrected chi connectivity index (χ1v) is 7.64. The van der Waals surface area contributed by atoms with Crippen molar-refractivity contribution in [2.75, 3.05) is 26.7 Å². The summed E-state index contributed by atoms with van der Waals surface area (Å²) in [6, 6.07) is 0.690. The third-order valence-corrected chi connectivity index (χ3v) is 3.96. The molecule has 0 aromatic carbocycles. The molecule has 102 valence electrons. The van der Waals surface area contributed by atoms with Crippen LogP contribution in [0.2, 0.25) is 0 Å². The molecule has 0 aliphatic heterocycles. The van der Waals surface area contributed by atoms with Crippen LogP contribution in [-0.2, 0) is 0 Å². The second kappa shape index (κ2) is 8.93. The van der Waals surface area contributed by atoms with Gasteiger partial charge in [-0.1, -0.05) is 19.8 Å². The van der Waals surface area contributed by atoms with Crippen LogP contribution in [-0.4, -0.2) is 37.6 Å². The molecule has 1 unspecified atom stereocenters. The summed E-state index contributed by atoms with van der Waals surface area (Å²) in [7, 11) is 2.29. The Morgan fingerprint density at radius 3 is 2.65 bits per heavy atom. The zero-order chi connectivity index (χ0) is 12.5. The molecule has 0 aromatic rings. The van der Waals surface area contributed by atoms with E-state index in [0.717, 1.165) is 5.92 Å². The summed E-state index contributed by atoms with van der Waals surface area (Å²) in [5.41, 5.74) is 0. The second-order valence-electron chi connectivity index (χ2n) is 5.91. The molecule has 1 aliphatic carbocycles. The SMILES string of the molecule is CCCNC(C)CCCN(C)CC1CCCC1. The smallest absolute Gasteiger partial charge is 0.00391 e. The quantitative estimate of drug-likeness (QED) is 0.665. The zero-order valence-corrected chi connectivity index (χ0v) is 12.2. The molecule has 0 amide bonds. The fraction of sp³-hybridized carbons (Fsp3) is 1.00. The van der Waals surface area contributed by atoms with Gasteiger partial charge in [0.25, 0.3) is 0 Å². The molecule has 0 saturated heterocycles. The Hall–Kier alpha value is -0.0800. The van der Waals surface area contributed by atoms with Crippen LogP contribution >= 0.6 is 0 Å².